The number of nitrogens with zero attached hydrogens (tertiary/aromatic N) is 1. The number of carboxylic acids is 1. The van der Waals surface area contributed by atoms with Crippen LogP contribution in [-0.2, 0) is 19.1 Å². The van der Waals surface area contributed by atoms with E-state index in [1.807, 2.05) is 0 Å². The van der Waals surface area contributed by atoms with E-state index in [4.69, 9.17) is 14.2 Å². The van der Waals surface area contributed by atoms with Crippen molar-refractivity contribution in [2.75, 3.05) is 13.7 Å². The third kappa shape index (κ3) is 5.50. The first-order valence-electron chi connectivity index (χ1n) is 11.5. The number of carbonyl (C=O) groups excluding carboxylic acids is 3. The lowest BCUT2D eigenvalue weighted by molar-refractivity contribution is -0.159. The number of aliphatic carboxylic acids is 1. The van der Waals surface area contributed by atoms with Crippen molar-refractivity contribution >= 4 is 23.8 Å². The van der Waals surface area contributed by atoms with Gasteiger partial charge in [0.15, 0.2) is 0 Å². The molecule has 1 aliphatic heterocycles. The Labute approximate surface area is 209 Å². The SMILES string of the molecule is COC(=O)c1ccccc1O[C@@H]1CN(C(=O)c2ccccc2)[C@](C)(C(=O)O)[C@H]1CC(=O)OC(C)(C)C. The van der Waals surface area contributed by atoms with Crippen molar-refractivity contribution in [3.05, 3.63) is 65.7 Å². The van der Waals surface area contributed by atoms with Crippen LogP contribution in [0.3, 0.4) is 0 Å². The van der Waals surface area contributed by atoms with E-state index in [1.165, 1.54) is 25.0 Å². The molecule has 1 saturated heterocycles. The lowest BCUT2D eigenvalue weighted by Gasteiger charge is -2.35. The van der Waals surface area contributed by atoms with Crippen molar-refractivity contribution in [3.63, 3.8) is 0 Å². The minimum Gasteiger partial charge on any atom is -0.487 e. The van der Waals surface area contributed by atoms with E-state index in [0.29, 0.717) is 5.56 Å². The fraction of sp³-hybridized carbons (Fsp3) is 0.407. The van der Waals surface area contributed by atoms with Crippen LogP contribution in [0.5, 0.6) is 5.75 Å². The maximum Gasteiger partial charge on any atom is 0.341 e. The molecule has 3 rings (SSSR count). The van der Waals surface area contributed by atoms with Crippen molar-refractivity contribution in [2.45, 2.75) is 51.4 Å². The molecular formula is C27H31NO8. The van der Waals surface area contributed by atoms with E-state index < -0.39 is 47.0 Å². The molecule has 1 heterocycles. The largest absolute Gasteiger partial charge is 0.487 e. The number of likely N-dealkylation sites (tertiary alicyclic amines) is 1. The van der Waals surface area contributed by atoms with Crippen LogP contribution < -0.4 is 4.74 Å². The highest BCUT2D eigenvalue weighted by atomic mass is 16.6. The summed E-state index contributed by atoms with van der Waals surface area (Å²) in [5, 5.41) is 10.3. The molecule has 36 heavy (non-hydrogen) atoms. The molecule has 3 atom stereocenters. The Hall–Kier alpha value is -3.88. The molecule has 0 unspecified atom stereocenters. The zero-order valence-corrected chi connectivity index (χ0v) is 21.0. The van der Waals surface area contributed by atoms with Gasteiger partial charge in [0.2, 0.25) is 0 Å². The second-order valence-corrected chi connectivity index (χ2v) is 9.78. The van der Waals surface area contributed by atoms with Crippen molar-refractivity contribution in [3.8, 4) is 5.75 Å². The number of ether oxygens (including phenoxy) is 3. The summed E-state index contributed by atoms with van der Waals surface area (Å²) in [4.78, 5) is 52.5. The second-order valence-electron chi connectivity index (χ2n) is 9.78. The van der Waals surface area contributed by atoms with Crippen LogP contribution in [0.4, 0.5) is 0 Å². The summed E-state index contributed by atoms with van der Waals surface area (Å²) in [6.07, 6.45) is -1.25. The number of hydrogen-bond acceptors (Lipinski definition) is 7. The van der Waals surface area contributed by atoms with Gasteiger partial charge in [-0.05, 0) is 52.0 Å². The van der Waals surface area contributed by atoms with Gasteiger partial charge in [0.1, 0.15) is 28.6 Å². The van der Waals surface area contributed by atoms with Gasteiger partial charge in [-0.1, -0.05) is 30.3 Å². The molecular weight excluding hydrogens is 466 g/mol. The van der Waals surface area contributed by atoms with Crippen LogP contribution in [0.25, 0.3) is 0 Å². The van der Waals surface area contributed by atoms with E-state index >= 15 is 0 Å². The van der Waals surface area contributed by atoms with Crippen LogP contribution in [0, 0.1) is 5.92 Å². The van der Waals surface area contributed by atoms with Crippen LogP contribution in [0.1, 0.15) is 54.8 Å². The van der Waals surface area contributed by atoms with Crippen LogP contribution in [0.15, 0.2) is 54.6 Å². The third-order valence-electron chi connectivity index (χ3n) is 6.17. The van der Waals surface area contributed by atoms with Crippen LogP contribution in [0.2, 0.25) is 0 Å². The number of rotatable bonds is 7. The third-order valence-corrected chi connectivity index (χ3v) is 6.17. The highest BCUT2D eigenvalue weighted by Gasteiger charge is 2.59. The van der Waals surface area contributed by atoms with Gasteiger partial charge in [-0.25, -0.2) is 9.59 Å². The molecule has 2 aromatic carbocycles. The highest BCUT2D eigenvalue weighted by molar-refractivity contribution is 5.98. The zero-order valence-electron chi connectivity index (χ0n) is 21.0. The molecule has 1 N–H and O–H groups in total. The van der Waals surface area contributed by atoms with Gasteiger partial charge < -0.3 is 24.2 Å². The fourth-order valence-electron chi connectivity index (χ4n) is 4.39. The molecule has 0 spiro atoms. The zero-order chi connectivity index (χ0) is 26.7. The summed E-state index contributed by atoms with van der Waals surface area (Å²) in [7, 11) is 1.24. The number of para-hydroxylation sites is 1. The van der Waals surface area contributed by atoms with E-state index in [9.17, 15) is 24.3 Å². The summed E-state index contributed by atoms with van der Waals surface area (Å²) in [5.74, 6) is -3.88. The second kappa shape index (κ2) is 10.4. The average Bonchev–Trinajstić information content (AvgIpc) is 3.10. The molecule has 9 nitrogen and oxygen atoms in total. The van der Waals surface area contributed by atoms with Gasteiger partial charge in [0, 0.05) is 11.5 Å². The number of methoxy groups -OCH3 is 1. The van der Waals surface area contributed by atoms with Gasteiger partial charge in [0.25, 0.3) is 5.91 Å². The predicted molar refractivity (Wildman–Crippen MR) is 130 cm³/mol. The smallest absolute Gasteiger partial charge is 0.341 e. The highest BCUT2D eigenvalue weighted by Crippen LogP contribution is 2.41. The van der Waals surface area contributed by atoms with Gasteiger partial charge in [-0.3, -0.25) is 9.59 Å². The first-order valence-corrected chi connectivity index (χ1v) is 11.5. The summed E-state index contributed by atoms with van der Waals surface area (Å²) >= 11 is 0. The van der Waals surface area contributed by atoms with Gasteiger partial charge in [0.05, 0.1) is 20.1 Å². The molecule has 0 aliphatic carbocycles. The number of carbonyl (C=O) groups is 4. The molecule has 0 saturated carbocycles. The van der Waals surface area contributed by atoms with E-state index in [-0.39, 0.29) is 24.3 Å². The summed E-state index contributed by atoms with van der Waals surface area (Å²) < 4.78 is 16.5. The number of carboxylic acid groups (broad SMARTS) is 1. The number of benzene rings is 2. The van der Waals surface area contributed by atoms with E-state index in [2.05, 4.69) is 0 Å². The van der Waals surface area contributed by atoms with Crippen molar-refractivity contribution in [1.82, 2.24) is 4.90 Å². The standard InChI is InChI=1S/C27H31NO8/c1-26(2,3)36-22(29)15-19-21(35-20-14-10-9-13-18(20)24(31)34-5)16-28(27(19,4)25(32)33)23(30)17-11-7-6-8-12-17/h6-14,19,21H,15-16H2,1-5H3,(H,32,33)/t19-,21+,27-/m0/s1. The average molecular weight is 498 g/mol. The van der Waals surface area contributed by atoms with Crippen molar-refractivity contribution in [2.24, 2.45) is 5.92 Å². The fourth-order valence-corrected chi connectivity index (χ4v) is 4.39. The molecule has 192 valence electrons. The number of hydrogen-bond donors (Lipinski definition) is 1. The van der Waals surface area contributed by atoms with Crippen LogP contribution >= 0.6 is 0 Å². The molecule has 0 aromatic heterocycles. The topological polar surface area (TPSA) is 119 Å². The minimum absolute atomic E-state index is 0.125. The number of esters is 2. The Morgan fingerprint density at radius 1 is 1.03 bits per heavy atom. The molecule has 1 aliphatic rings. The first kappa shape index (κ1) is 26.7. The maximum absolute atomic E-state index is 13.5. The van der Waals surface area contributed by atoms with E-state index in [1.54, 1.807) is 69.3 Å². The van der Waals surface area contributed by atoms with E-state index in [0.717, 1.165) is 0 Å². The monoisotopic (exact) mass is 497 g/mol. The van der Waals surface area contributed by atoms with Crippen molar-refractivity contribution < 1.29 is 38.5 Å². The molecule has 1 amide bonds. The molecule has 9 heteroatoms. The first-order chi connectivity index (χ1) is 16.9. The summed E-state index contributed by atoms with van der Waals surface area (Å²) in [6, 6.07) is 14.7. The van der Waals surface area contributed by atoms with Gasteiger partial charge in [-0.2, -0.15) is 0 Å². The predicted octanol–water partition coefficient (Wildman–Crippen LogP) is 3.57. The van der Waals surface area contributed by atoms with Crippen LogP contribution in [-0.4, -0.2) is 64.7 Å². The quantitative estimate of drug-likeness (QED) is 0.577. The maximum atomic E-state index is 13.5. The number of amides is 1. The van der Waals surface area contributed by atoms with Gasteiger partial charge >= 0.3 is 17.9 Å². The lowest BCUT2D eigenvalue weighted by atomic mass is 9.82. The van der Waals surface area contributed by atoms with Gasteiger partial charge in [-0.15, -0.1) is 0 Å². The molecule has 0 bridgehead atoms. The summed E-state index contributed by atoms with van der Waals surface area (Å²) in [5.41, 5.74) is -2.14. The Balaban J connectivity index is 2.06. The summed E-state index contributed by atoms with van der Waals surface area (Å²) in [6.45, 7) is 6.41. The molecule has 2 aromatic rings. The lowest BCUT2D eigenvalue weighted by Crippen LogP contribution is -2.55. The normalized spacial score (nSPS) is 21.5. The minimum atomic E-state index is -1.80. The Bertz CT molecular complexity index is 1140. The Kier molecular flexibility index (Phi) is 7.71. The molecule has 1 fully saturated rings. The Morgan fingerprint density at radius 3 is 2.22 bits per heavy atom. The van der Waals surface area contributed by atoms with Crippen molar-refractivity contribution in [1.29, 1.82) is 0 Å². The Morgan fingerprint density at radius 2 is 1.64 bits per heavy atom. The molecule has 0 radical (unpaired) electrons.